The van der Waals surface area contributed by atoms with Crippen LogP contribution in [0.4, 0.5) is 0 Å². The van der Waals surface area contributed by atoms with Gasteiger partial charge in [0.25, 0.3) is 0 Å². The fourth-order valence-corrected chi connectivity index (χ4v) is 2.89. The Morgan fingerprint density at radius 3 is 3.08 bits per heavy atom. The van der Waals surface area contributed by atoms with Crippen molar-refractivity contribution >= 4 is 0 Å². The van der Waals surface area contributed by atoms with Crippen LogP contribution in [0.15, 0.2) is 0 Å². The Balaban J connectivity index is 2.01. The first-order chi connectivity index (χ1) is 6.33. The van der Waals surface area contributed by atoms with Crippen LogP contribution in [0, 0.1) is 0 Å². The van der Waals surface area contributed by atoms with Crippen molar-refractivity contribution in [2.75, 3.05) is 13.1 Å². The molecule has 2 aliphatic heterocycles. The summed E-state index contributed by atoms with van der Waals surface area (Å²) in [5.74, 6) is 0. The van der Waals surface area contributed by atoms with Crippen LogP contribution in [0.25, 0.3) is 0 Å². The predicted octanol–water partition coefficient (Wildman–Crippen LogP) is 1.61. The highest BCUT2D eigenvalue weighted by molar-refractivity contribution is 4.95. The first-order valence-corrected chi connectivity index (χ1v) is 5.82. The lowest BCUT2D eigenvalue weighted by atomic mass is 9.95. The van der Waals surface area contributed by atoms with Gasteiger partial charge < -0.3 is 5.32 Å². The fraction of sp³-hybridized carbons (Fsp3) is 1.00. The summed E-state index contributed by atoms with van der Waals surface area (Å²) in [5, 5.41) is 3.63. The lowest BCUT2D eigenvalue weighted by Crippen LogP contribution is -2.51. The predicted molar refractivity (Wildman–Crippen MR) is 55.9 cm³/mol. The Morgan fingerprint density at radius 2 is 2.31 bits per heavy atom. The number of rotatable bonds is 2. The van der Waals surface area contributed by atoms with Gasteiger partial charge in [0, 0.05) is 18.1 Å². The van der Waals surface area contributed by atoms with Crippen LogP contribution in [0.2, 0.25) is 0 Å². The summed E-state index contributed by atoms with van der Waals surface area (Å²) >= 11 is 0. The van der Waals surface area contributed by atoms with Gasteiger partial charge >= 0.3 is 0 Å². The molecule has 2 heterocycles. The van der Waals surface area contributed by atoms with Gasteiger partial charge in [-0.1, -0.05) is 6.92 Å². The maximum Gasteiger partial charge on any atom is 0.0264 e. The molecule has 0 spiro atoms. The average molecular weight is 182 g/mol. The monoisotopic (exact) mass is 182 g/mol. The minimum atomic E-state index is 0.785. The zero-order chi connectivity index (χ0) is 9.26. The van der Waals surface area contributed by atoms with Gasteiger partial charge in [-0.3, -0.25) is 4.90 Å². The maximum atomic E-state index is 3.63. The third-order valence-corrected chi connectivity index (χ3v) is 3.83. The molecule has 0 bridgehead atoms. The molecule has 0 aromatic heterocycles. The van der Waals surface area contributed by atoms with Crippen LogP contribution in [0.1, 0.15) is 39.5 Å². The van der Waals surface area contributed by atoms with Crippen molar-refractivity contribution in [1.82, 2.24) is 10.2 Å². The van der Waals surface area contributed by atoms with Crippen LogP contribution in [0.5, 0.6) is 0 Å². The number of fused-ring (bicyclic) bond motifs is 1. The van der Waals surface area contributed by atoms with Crippen LogP contribution >= 0.6 is 0 Å². The number of likely N-dealkylation sites (tertiary alicyclic amines) is 1. The van der Waals surface area contributed by atoms with Crippen molar-refractivity contribution in [3.63, 3.8) is 0 Å². The molecule has 76 valence electrons. The lowest BCUT2D eigenvalue weighted by Gasteiger charge is -2.41. The standard InChI is InChI=1S/C11H22N2/c1-3-9(2)13-8-4-5-10-11(13)6-7-12-10/h9-12H,3-8H2,1-2H3/t9?,10-,11-/m0/s1. The molecular formula is C11H22N2. The summed E-state index contributed by atoms with van der Waals surface area (Å²) < 4.78 is 0. The number of hydrogen-bond donors (Lipinski definition) is 1. The number of hydrogen-bond acceptors (Lipinski definition) is 2. The molecule has 2 saturated heterocycles. The summed E-state index contributed by atoms with van der Waals surface area (Å²) in [6.07, 6.45) is 5.45. The second-order valence-electron chi connectivity index (χ2n) is 4.55. The van der Waals surface area contributed by atoms with E-state index in [1.165, 1.54) is 38.8 Å². The number of nitrogens with zero attached hydrogens (tertiary/aromatic N) is 1. The van der Waals surface area contributed by atoms with Gasteiger partial charge in [-0.05, 0) is 45.7 Å². The number of piperidine rings is 1. The van der Waals surface area contributed by atoms with E-state index in [-0.39, 0.29) is 0 Å². The Labute approximate surface area is 81.7 Å². The van der Waals surface area contributed by atoms with Crippen LogP contribution in [0.3, 0.4) is 0 Å². The summed E-state index contributed by atoms with van der Waals surface area (Å²) in [7, 11) is 0. The quantitative estimate of drug-likeness (QED) is 0.698. The van der Waals surface area contributed by atoms with Crippen molar-refractivity contribution in [2.24, 2.45) is 0 Å². The Hall–Kier alpha value is -0.0800. The van der Waals surface area contributed by atoms with E-state index in [0.717, 1.165) is 18.1 Å². The van der Waals surface area contributed by atoms with E-state index in [2.05, 4.69) is 24.1 Å². The van der Waals surface area contributed by atoms with Gasteiger partial charge in [-0.2, -0.15) is 0 Å². The highest BCUT2D eigenvalue weighted by atomic mass is 15.2. The smallest absolute Gasteiger partial charge is 0.0264 e. The second-order valence-corrected chi connectivity index (χ2v) is 4.55. The van der Waals surface area contributed by atoms with E-state index in [4.69, 9.17) is 0 Å². The molecule has 1 unspecified atom stereocenters. The van der Waals surface area contributed by atoms with E-state index in [1.54, 1.807) is 0 Å². The molecule has 13 heavy (non-hydrogen) atoms. The molecular weight excluding hydrogens is 160 g/mol. The molecule has 2 rings (SSSR count). The van der Waals surface area contributed by atoms with Crippen molar-refractivity contribution in [3.8, 4) is 0 Å². The third-order valence-electron chi connectivity index (χ3n) is 3.83. The molecule has 0 aliphatic carbocycles. The molecule has 0 saturated carbocycles. The first-order valence-electron chi connectivity index (χ1n) is 5.82. The van der Waals surface area contributed by atoms with E-state index in [0.29, 0.717) is 0 Å². The van der Waals surface area contributed by atoms with Crippen LogP contribution in [-0.2, 0) is 0 Å². The van der Waals surface area contributed by atoms with Gasteiger partial charge in [0.2, 0.25) is 0 Å². The Bertz CT molecular complexity index is 169. The second kappa shape index (κ2) is 3.97. The topological polar surface area (TPSA) is 15.3 Å². The zero-order valence-corrected chi connectivity index (χ0v) is 8.92. The summed E-state index contributed by atoms with van der Waals surface area (Å²) in [5.41, 5.74) is 0. The molecule has 2 nitrogen and oxygen atoms in total. The van der Waals surface area contributed by atoms with E-state index in [9.17, 15) is 0 Å². The van der Waals surface area contributed by atoms with Crippen molar-refractivity contribution < 1.29 is 0 Å². The van der Waals surface area contributed by atoms with Crippen LogP contribution in [-0.4, -0.2) is 36.1 Å². The highest BCUT2D eigenvalue weighted by Crippen LogP contribution is 2.26. The lowest BCUT2D eigenvalue weighted by molar-refractivity contribution is 0.0939. The minimum absolute atomic E-state index is 0.785. The third kappa shape index (κ3) is 1.75. The van der Waals surface area contributed by atoms with Gasteiger partial charge in [-0.15, -0.1) is 0 Å². The summed E-state index contributed by atoms with van der Waals surface area (Å²) in [6.45, 7) is 7.25. The maximum absolute atomic E-state index is 3.63. The first kappa shape index (κ1) is 9.47. The van der Waals surface area contributed by atoms with E-state index < -0.39 is 0 Å². The van der Waals surface area contributed by atoms with E-state index in [1.807, 2.05) is 0 Å². The molecule has 2 aliphatic rings. The SMILES string of the molecule is CCC(C)N1CCC[C@@H]2NCC[C@@H]21. The highest BCUT2D eigenvalue weighted by Gasteiger charge is 2.36. The van der Waals surface area contributed by atoms with Gasteiger partial charge in [-0.25, -0.2) is 0 Å². The normalized spacial score (nSPS) is 37.4. The Kier molecular flexibility index (Phi) is 2.89. The molecule has 0 radical (unpaired) electrons. The minimum Gasteiger partial charge on any atom is -0.312 e. The molecule has 0 aromatic rings. The summed E-state index contributed by atoms with van der Waals surface area (Å²) in [6, 6.07) is 2.44. The molecule has 0 aromatic carbocycles. The molecule has 1 N–H and O–H groups in total. The molecule has 3 atom stereocenters. The zero-order valence-electron chi connectivity index (χ0n) is 8.92. The van der Waals surface area contributed by atoms with Crippen molar-refractivity contribution in [2.45, 2.75) is 57.7 Å². The van der Waals surface area contributed by atoms with Gasteiger partial charge in [0.1, 0.15) is 0 Å². The van der Waals surface area contributed by atoms with Crippen LogP contribution < -0.4 is 5.32 Å². The average Bonchev–Trinajstić information content (AvgIpc) is 2.63. The fourth-order valence-electron chi connectivity index (χ4n) is 2.89. The number of nitrogens with one attached hydrogen (secondary N) is 1. The van der Waals surface area contributed by atoms with E-state index >= 15 is 0 Å². The molecule has 0 amide bonds. The molecule has 2 heteroatoms. The van der Waals surface area contributed by atoms with Crippen molar-refractivity contribution in [1.29, 1.82) is 0 Å². The molecule has 2 fully saturated rings. The van der Waals surface area contributed by atoms with Crippen molar-refractivity contribution in [3.05, 3.63) is 0 Å². The van der Waals surface area contributed by atoms with Gasteiger partial charge in [0.05, 0.1) is 0 Å². The summed E-state index contributed by atoms with van der Waals surface area (Å²) in [4.78, 5) is 2.73. The van der Waals surface area contributed by atoms with Gasteiger partial charge in [0.15, 0.2) is 0 Å². The Morgan fingerprint density at radius 1 is 1.46 bits per heavy atom. The largest absolute Gasteiger partial charge is 0.312 e.